The van der Waals surface area contributed by atoms with Gasteiger partial charge in [0.05, 0.1) is 25.8 Å². The largest absolute Gasteiger partial charge is 0.509 e. The minimum absolute atomic E-state index is 0.0300. The number of likely N-dealkylation sites (tertiary alicyclic amines) is 1. The first-order valence-corrected chi connectivity index (χ1v) is 16.8. The fourth-order valence-corrected chi connectivity index (χ4v) is 6.23. The van der Waals surface area contributed by atoms with Gasteiger partial charge in [-0.1, -0.05) is 38.1 Å². The van der Waals surface area contributed by atoms with Crippen LogP contribution in [0.4, 0.5) is 4.79 Å². The minimum atomic E-state index is -1.25. The minimum Gasteiger partial charge on any atom is -0.496 e. The first kappa shape index (κ1) is 38.4. The molecule has 14 heteroatoms. The molecule has 14 nitrogen and oxygen atoms in total. The highest BCUT2D eigenvalue weighted by atomic mass is 16.7. The molecule has 3 N–H and O–H groups in total. The Morgan fingerprint density at radius 3 is 2.29 bits per heavy atom. The number of carbonyl (C=O) groups excluding carboxylic acids is 6. The number of methoxy groups -OCH3 is 2. The molecule has 0 aliphatic carbocycles. The van der Waals surface area contributed by atoms with E-state index in [4.69, 9.17) is 14.2 Å². The van der Waals surface area contributed by atoms with Crippen LogP contribution >= 0.6 is 0 Å². The van der Waals surface area contributed by atoms with Gasteiger partial charge in [0.2, 0.25) is 11.8 Å². The fourth-order valence-electron chi connectivity index (χ4n) is 6.23. The molecule has 3 amide bonds. The summed E-state index contributed by atoms with van der Waals surface area (Å²) in [7, 11) is 2.68. The van der Waals surface area contributed by atoms with E-state index in [2.05, 4.69) is 20.4 Å². The van der Waals surface area contributed by atoms with Crippen molar-refractivity contribution < 1.29 is 47.7 Å². The number of Topliss-reactive ketones (excluding diaryl/α,β-unsaturated/α-hetero) is 1. The van der Waals surface area contributed by atoms with Crippen LogP contribution in [-0.4, -0.2) is 91.2 Å². The van der Waals surface area contributed by atoms with Crippen LogP contribution in [0, 0.1) is 25.7 Å². The van der Waals surface area contributed by atoms with E-state index in [9.17, 15) is 28.8 Å². The number of carbonyl (C=O) groups is 6. The van der Waals surface area contributed by atoms with Crippen LogP contribution in [-0.2, 0) is 28.6 Å². The van der Waals surface area contributed by atoms with Crippen LogP contribution in [0.3, 0.4) is 0 Å². The van der Waals surface area contributed by atoms with E-state index in [1.165, 1.54) is 18.9 Å². The van der Waals surface area contributed by atoms with Gasteiger partial charge in [0.25, 0.3) is 5.91 Å². The molecule has 1 aliphatic heterocycles. The summed E-state index contributed by atoms with van der Waals surface area (Å²) in [5.41, 5.74) is 2.58. The van der Waals surface area contributed by atoms with E-state index in [0.717, 1.165) is 7.11 Å². The van der Waals surface area contributed by atoms with Gasteiger partial charge in [0.1, 0.15) is 17.5 Å². The number of nitrogens with one attached hydrogen (secondary N) is 3. The van der Waals surface area contributed by atoms with Crippen molar-refractivity contribution in [1.29, 1.82) is 0 Å². The molecular formula is C37H46N4O10. The number of fused-ring (bicyclic) bond motifs is 1. The van der Waals surface area contributed by atoms with Crippen LogP contribution < -0.4 is 15.4 Å². The zero-order valence-corrected chi connectivity index (χ0v) is 30.0. The Balaban J connectivity index is 1.54. The van der Waals surface area contributed by atoms with Crippen molar-refractivity contribution in [3.8, 4) is 5.75 Å². The number of rotatable bonds is 15. The predicted molar refractivity (Wildman–Crippen MR) is 186 cm³/mol. The standard InChI is InChI=1S/C37H46N4O10/c1-20(2)16-28(40-34(44)29-18-25-26(38-29)12-9-13-31(25)48-6)33(43)39-27(17-24-14-15-41(35(24)45)23(5)51-37(47)49-7)30(42)19-50-36(46)32-21(3)10-8-11-22(32)4/h8-13,18,20,23-24,27-28,38H,14-17,19H2,1-7H3,(H,39,43)(H,40,44)/t23-,24-,27-,28-/m0/s1. The lowest BCUT2D eigenvalue weighted by molar-refractivity contribution is -0.140. The molecule has 0 bridgehead atoms. The first-order chi connectivity index (χ1) is 24.2. The highest BCUT2D eigenvalue weighted by molar-refractivity contribution is 6.02. The fraction of sp³-hybridized carbons (Fsp3) is 0.459. The SMILES string of the molecule is COC(=O)O[C@@H](C)N1CC[C@@H](C[C@H](NC(=O)[C@H](CC(C)C)NC(=O)c2cc3c(OC)cccc3[nH]2)C(=O)COC(=O)c2c(C)cccc2C)C1=O. The van der Waals surface area contributed by atoms with Crippen LogP contribution in [0.1, 0.15) is 72.0 Å². The topological polar surface area (TPSA) is 182 Å². The second-order valence-corrected chi connectivity index (χ2v) is 13.1. The first-order valence-electron chi connectivity index (χ1n) is 16.8. The molecule has 4 atom stereocenters. The number of H-pyrrole nitrogens is 1. The third kappa shape index (κ3) is 9.44. The molecule has 2 heterocycles. The number of nitrogens with zero attached hydrogens (tertiary/aromatic N) is 1. The molecular weight excluding hydrogens is 660 g/mol. The number of hydrogen-bond donors (Lipinski definition) is 3. The molecule has 0 radical (unpaired) electrons. The van der Waals surface area contributed by atoms with Crippen LogP contribution in [0.15, 0.2) is 42.5 Å². The van der Waals surface area contributed by atoms with Gasteiger partial charge in [-0.3, -0.25) is 19.2 Å². The number of ketones is 1. The van der Waals surface area contributed by atoms with Gasteiger partial charge < -0.3 is 39.5 Å². The van der Waals surface area contributed by atoms with E-state index in [1.54, 1.807) is 56.3 Å². The number of aromatic amines is 1. The van der Waals surface area contributed by atoms with Gasteiger partial charge in [0, 0.05) is 23.4 Å². The molecule has 4 rings (SSSR count). The predicted octanol–water partition coefficient (Wildman–Crippen LogP) is 4.22. The Morgan fingerprint density at radius 1 is 0.961 bits per heavy atom. The second kappa shape index (κ2) is 17.0. The summed E-state index contributed by atoms with van der Waals surface area (Å²) >= 11 is 0. The average molecular weight is 707 g/mol. The molecule has 2 aromatic carbocycles. The average Bonchev–Trinajstić information content (AvgIpc) is 3.69. The lowest BCUT2D eigenvalue weighted by Gasteiger charge is -2.26. The van der Waals surface area contributed by atoms with Gasteiger partial charge >= 0.3 is 12.1 Å². The molecule has 51 heavy (non-hydrogen) atoms. The highest BCUT2D eigenvalue weighted by Gasteiger charge is 2.39. The van der Waals surface area contributed by atoms with E-state index < -0.39 is 60.6 Å². The van der Waals surface area contributed by atoms with Crippen molar-refractivity contribution in [2.24, 2.45) is 11.8 Å². The molecule has 1 saturated heterocycles. The maximum absolute atomic E-state index is 13.9. The number of ether oxygens (including phenoxy) is 4. The molecule has 0 spiro atoms. The molecule has 1 aliphatic rings. The number of aryl methyl sites for hydroxylation is 2. The highest BCUT2D eigenvalue weighted by Crippen LogP contribution is 2.27. The molecule has 1 fully saturated rings. The quantitative estimate of drug-likeness (QED) is 0.194. The van der Waals surface area contributed by atoms with E-state index in [1.807, 2.05) is 13.8 Å². The van der Waals surface area contributed by atoms with Gasteiger partial charge in [-0.25, -0.2) is 9.59 Å². The zero-order chi connectivity index (χ0) is 37.4. The van der Waals surface area contributed by atoms with Gasteiger partial charge in [-0.15, -0.1) is 0 Å². The number of benzene rings is 2. The van der Waals surface area contributed by atoms with Crippen molar-refractivity contribution in [2.75, 3.05) is 27.4 Å². The maximum atomic E-state index is 13.9. The normalized spacial score (nSPS) is 16.0. The van der Waals surface area contributed by atoms with Crippen molar-refractivity contribution in [2.45, 2.75) is 72.2 Å². The van der Waals surface area contributed by atoms with Crippen LogP contribution in [0.2, 0.25) is 0 Å². The van der Waals surface area contributed by atoms with Crippen molar-refractivity contribution in [1.82, 2.24) is 20.5 Å². The molecule has 1 aromatic heterocycles. The summed E-state index contributed by atoms with van der Waals surface area (Å²) in [5.74, 6) is -3.08. The Hall–Kier alpha value is -5.40. The zero-order valence-electron chi connectivity index (χ0n) is 30.0. The lowest BCUT2D eigenvalue weighted by atomic mass is 9.95. The molecule has 0 unspecified atom stereocenters. The Bertz CT molecular complexity index is 1760. The van der Waals surface area contributed by atoms with Gasteiger partial charge in [-0.2, -0.15) is 0 Å². The Kier molecular flexibility index (Phi) is 12.8. The third-order valence-electron chi connectivity index (χ3n) is 8.90. The van der Waals surface area contributed by atoms with E-state index in [0.29, 0.717) is 39.8 Å². The second-order valence-electron chi connectivity index (χ2n) is 13.1. The van der Waals surface area contributed by atoms with Crippen molar-refractivity contribution in [3.05, 3.63) is 64.8 Å². The van der Waals surface area contributed by atoms with Crippen LogP contribution in [0.5, 0.6) is 5.75 Å². The van der Waals surface area contributed by atoms with E-state index in [-0.39, 0.29) is 36.9 Å². The summed E-state index contributed by atoms with van der Waals surface area (Å²) < 4.78 is 20.5. The molecule has 3 aromatic rings. The monoisotopic (exact) mass is 706 g/mol. The lowest BCUT2D eigenvalue weighted by Crippen LogP contribution is -2.53. The summed E-state index contributed by atoms with van der Waals surface area (Å²) in [6, 6.07) is 9.99. The van der Waals surface area contributed by atoms with Crippen molar-refractivity contribution >= 4 is 46.5 Å². The van der Waals surface area contributed by atoms with Gasteiger partial charge in [0.15, 0.2) is 18.6 Å². The van der Waals surface area contributed by atoms with Crippen LogP contribution in [0.25, 0.3) is 10.9 Å². The summed E-state index contributed by atoms with van der Waals surface area (Å²) in [6.07, 6.45) is -1.44. The third-order valence-corrected chi connectivity index (χ3v) is 8.90. The Labute approximate surface area is 296 Å². The molecule has 274 valence electrons. The molecule has 0 saturated carbocycles. The summed E-state index contributed by atoms with van der Waals surface area (Å²) in [6.45, 7) is 8.38. The number of hydrogen-bond acceptors (Lipinski definition) is 10. The van der Waals surface area contributed by atoms with Crippen molar-refractivity contribution in [3.63, 3.8) is 0 Å². The number of aromatic nitrogens is 1. The number of amides is 3. The maximum Gasteiger partial charge on any atom is 0.509 e. The number of esters is 1. The summed E-state index contributed by atoms with van der Waals surface area (Å²) in [4.78, 5) is 83.5. The van der Waals surface area contributed by atoms with Gasteiger partial charge in [-0.05, 0) is 75.3 Å². The van der Waals surface area contributed by atoms with E-state index >= 15 is 0 Å². The Morgan fingerprint density at radius 2 is 1.65 bits per heavy atom. The summed E-state index contributed by atoms with van der Waals surface area (Å²) in [5, 5.41) is 6.22. The smallest absolute Gasteiger partial charge is 0.496 e.